The fourth-order valence-electron chi connectivity index (χ4n) is 4.25. The lowest BCUT2D eigenvalue weighted by molar-refractivity contribution is 0.144. The Morgan fingerprint density at radius 1 is 1.17 bits per heavy atom. The zero-order valence-electron chi connectivity index (χ0n) is 19.0. The van der Waals surface area contributed by atoms with E-state index in [-0.39, 0.29) is 36.5 Å². The maximum absolute atomic E-state index is 13.7. The van der Waals surface area contributed by atoms with Gasteiger partial charge < -0.3 is 25.9 Å². The number of benzene rings is 2. The first-order valence-electron chi connectivity index (χ1n) is 11.2. The van der Waals surface area contributed by atoms with Gasteiger partial charge in [0.25, 0.3) is 0 Å². The summed E-state index contributed by atoms with van der Waals surface area (Å²) in [6, 6.07) is 7.23. The van der Waals surface area contributed by atoms with Gasteiger partial charge in [0, 0.05) is 18.7 Å². The second kappa shape index (κ2) is 10.3. The molecule has 0 radical (unpaired) electrons. The Balaban J connectivity index is 1.54. The summed E-state index contributed by atoms with van der Waals surface area (Å²) in [5, 5.41) is 24.3. The summed E-state index contributed by atoms with van der Waals surface area (Å²) in [5.74, 6) is -1.62. The largest absolute Gasteiger partial charge is 0.390 e. The van der Waals surface area contributed by atoms with Crippen molar-refractivity contribution in [2.24, 2.45) is 0 Å². The van der Waals surface area contributed by atoms with Crippen LogP contribution in [0.3, 0.4) is 0 Å². The third-order valence-electron chi connectivity index (χ3n) is 5.96. The Morgan fingerprint density at radius 3 is 2.57 bits per heavy atom. The summed E-state index contributed by atoms with van der Waals surface area (Å²) < 4.78 is 57.5. The topological polar surface area (TPSA) is 143 Å². The molecule has 1 aromatic heterocycles. The summed E-state index contributed by atoms with van der Waals surface area (Å²) in [6.45, 7) is 2.00. The number of hydrogen-bond donors (Lipinski definition) is 4. The third kappa shape index (κ3) is 6.32. The molecule has 3 unspecified atom stereocenters. The molecule has 35 heavy (non-hydrogen) atoms. The Bertz CT molecular complexity index is 1280. The van der Waals surface area contributed by atoms with E-state index >= 15 is 0 Å². The van der Waals surface area contributed by atoms with Gasteiger partial charge in [0.1, 0.15) is 11.6 Å². The van der Waals surface area contributed by atoms with E-state index in [9.17, 15) is 22.3 Å². The molecule has 4 rings (SSSR count). The number of fused-ring (bicyclic) bond motifs is 1. The number of aliphatic hydroxyl groups excluding tert-OH is 1. The van der Waals surface area contributed by atoms with Crippen LogP contribution in [0.25, 0.3) is 0 Å². The van der Waals surface area contributed by atoms with Crippen LogP contribution in [-0.2, 0) is 28.4 Å². The highest BCUT2D eigenvalue weighted by molar-refractivity contribution is 7.90. The maximum Gasteiger partial charge on any atom is 0.317 e. The van der Waals surface area contributed by atoms with E-state index in [1.165, 1.54) is 0 Å². The van der Waals surface area contributed by atoms with E-state index in [4.69, 9.17) is 10.2 Å². The molecule has 3 atom stereocenters. The Kier molecular flexibility index (Phi) is 7.33. The number of rotatable bonds is 9. The van der Waals surface area contributed by atoms with Gasteiger partial charge in [-0.1, -0.05) is 35.3 Å². The quantitative estimate of drug-likeness (QED) is 0.342. The predicted octanol–water partition coefficient (Wildman–Crippen LogP) is 2.14. The Hall–Kier alpha value is -3.09. The normalized spacial score (nSPS) is 18.6. The van der Waals surface area contributed by atoms with Crippen molar-refractivity contribution in [2.45, 2.75) is 43.7 Å². The average Bonchev–Trinajstić information content (AvgIpc) is 3.19. The van der Waals surface area contributed by atoms with E-state index in [1.54, 1.807) is 0 Å². The van der Waals surface area contributed by atoms with Gasteiger partial charge in [-0.25, -0.2) is 17.2 Å². The van der Waals surface area contributed by atoms with Gasteiger partial charge in [-0.3, -0.25) is 0 Å². The van der Waals surface area contributed by atoms with Crippen LogP contribution in [0.15, 0.2) is 40.8 Å². The molecule has 0 spiro atoms. The van der Waals surface area contributed by atoms with Crippen molar-refractivity contribution in [2.75, 3.05) is 23.3 Å². The Labute approximate surface area is 201 Å². The van der Waals surface area contributed by atoms with Crippen LogP contribution < -0.4 is 16.4 Å². The van der Waals surface area contributed by atoms with E-state index in [0.29, 0.717) is 5.56 Å². The van der Waals surface area contributed by atoms with Crippen LogP contribution in [0.5, 0.6) is 0 Å². The van der Waals surface area contributed by atoms with E-state index in [2.05, 4.69) is 20.8 Å². The summed E-state index contributed by atoms with van der Waals surface area (Å²) >= 11 is 0. The lowest BCUT2D eigenvalue weighted by Gasteiger charge is -2.30. The molecule has 1 aliphatic rings. The number of nitrogens with two attached hydrogens (primary N) is 1. The summed E-state index contributed by atoms with van der Waals surface area (Å²) in [5.41, 5.74) is 8.45. The number of aliphatic hydroxyl groups is 1. The SMILES string of the molecule is CCc1ccc2c(c1)C(NCC(O)C(Cc1cc(F)cc(F)c1)Nc1nnc(N)o1)CS(=O)(=O)C2. The van der Waals surface area contributed by atoms with Crippen molar-refractivity contribution in [1.82, 2.24) is 15.5 Å². The number of aromatic nitrogens is 2. The minimum Gasteiger partial charge on any atom is -0.390 e. The zero-order chi connectivity index (χ0) is 25.2. The first-order valence-corrected chi connectivity index (χ1v) is 13.0. The van der Waals surface area contributed by atoms with Crippen molar-refractivity contribution in [3.05, 3.63) is 70.3 Å². The van der Waals surface area contributed by atoms with Crippen molar-refractivity contribution in [3.8, 4) is 0 Å². The number of hydrogen-bond acceptors (Lipinski definition) is 9. The molecule has 0 amide bonds. The molecular formula is C23H27F2N5O4S. The third-order valence-corrected chi connectivity index (χ3v) is 7.55. The lowest BCUT2D eigenvalue weighted by Crippen LogP contribution is -2.45. The average molecular weight is 508 g/mol. The second-order valence-electron chi connectivity index (χ2n) is 8.65. The number of aryl methyl sites for hydroxylation is 1. The number of anilines is 2. The monoisotopic (exact) mass is 507 g/mol. The molecule has 0 aliphatic carbocycles. The van der Waals surface area contributed by atoms with Crippen LogP contribution in [0.1, 0.15) is 35.2 Å². The van der Waals surface area contributed by atoms with Crippen LogP contribution in [0, 0.1) is 11.6 Å². The van der Waals surface area contributed by atoms with E-state index < -0.39 is 39.7 Å². The highest BCUT2D eigenvalue weighted by atomic mass is 32.2. The molecule has 1 aliphatic heterocycles. The number of nitrogens with zero attached hydrogens (tertiary/aromatic N) is 2. The van der Waals surface area contributed by atoms with Gasteiger partial charge in [0.15, 0.2) is 9.84 Å². The molecule has 2 heterocycles. The Morgan fingerprint density at radius 2 is 1.91 bits per heavy atom. The summed E-state index contributed by atoms with van der Waals surface area (Å²) in [4.78, 5) is 0. The number of sulfone groups is 1. The van der Waals surface area contributed by atoms with Gasteiger partial charge >= 0.3 is 12.0 Å². The van der Waals surface area contributed by atoms with Crippen molar-refractivity contribution in [1.29, 1.82) is 0 Å². The highest BCUT2D eigenvalue weighted by Gasteiger charge is 2.31. The molecule has 12 heteroatoms. The number of nitrogen functional groups attached to an aromatic ring is 1. The summed E-state index contributed by atoms with van der Waals surface area (Å²) in [6.07, 6.45) is -0.310. The van der Waals surface area contributed by atoms with Gasteiger partial charge in [0.2, 0.25) is 0 Å². The van der Waals surface area contributed by atoms with E-state index in [1.807, 2.05) is 25.1 Å². The van der Waals surface area contributed by atoms with Crippen LogP contribution in [-0.4, -0.2) is 48.2 Å². The minimum absolute atomic E-state index is 0.0132. The minimum atomic E-state index is -3.33. The molecular weight excluding hydrogens is 480 g/mol. The fraction of sp³-hybridized carbons (Fsp3) is 0.391. The second-order valence-corrected chi connectivity index (χ2v) is 10.8. The predicted molar refractivity (Wildman–Crippen MR) is 126 cm³/mol. The lowest BCUT2D eigenvalue weighted by atomic mass is 9.97. The van der Waals surface area contributed by atoms with Crippen molar-refractivity contribution in [3.63, 3.8) is 0 Å². The molecule has 2 aromatic carbocycles. The van der Waals surface area contributed by atoms with Gasteiger partial charge in [0.05, 0.1) is 23.7 Å². The summed E-state index contributed by atoms with van der Waals surface area (Å²) in [7, 11) is -3.33. The van der Waals surface area contributed by atoms with Gasteiger partial charge in [-0.2, -0.15) is 0 Å². The van der Waals surface area contributed by atoms with Gasteiger partial charge in [-0.15, -0.1) is 0 Å². The maximum atomic E-state index is 13.7. The fourth-order valence-corrected chi connectivity index (χ4v) is 5.91. The highest BCUT2D eigenvalue weighted by Crippen LogP contribution is 2.29. The van der Waals surface area contributed by atoms with Crippen LogP contribution >= 0.6 is 0 Å². The molecule has 0 saturated heterocycles. The van der Waals surface area contributed by atoms with Crippen molar-refractivity contribution >= 4 is 21.9 Å². The van der Waals surface area contributed by atoms with Crippen LogP contribution in [0.2, 0.25) is 0 Å². The van der Waals surface area contributed by atoms with Gasteiger partial charge in [-0.05, 0) is 47.2 Å². The zero-order valence-corrected chi connectivity index (χ0v) is 19.9. The smallest absolute Gasteiger partial charge is 0.317 e. The van der Waals surface area contributed by atoms with Crippen molar-refractivity contribution < 1.29 is 26.7 Å². The molecule has 0 bridgehead atoms. The molecule has 0 saturated carbocycles. The first-order chi connectivity index (χ1) is 16.6. The van der Waals surface area contributed by atoms with Crippen LogP contribution in [0.4, 0.5) is 20.8 Å². The molecule has 9 nitrogen and oxygen atoms in total. The standard InChI is InChI=1S/C23H27F2N5O4S/c1-2-13-3-4-15-11-35(32,33)12-20(18(15)7-13)27-10-21(31)19(28-23-30-29-22(26)34-23)8-14-5-16(24)9-17(25)6-14/h3-7,9,19-21,27,31H,2,8,10-12H2,1H3,(H2,26,29)(H,28,30). The molecule has 188 valence electrons. The number of halogens is 2. The molecule has 5 N–H and O–H groups in total. The number of nitrogens with one attached hydrogen (secondary N) is 2. The van der Waals surface area contributed by atoms with E-state index in [0.717, 1.165) is 41.3 Å². The first kappa shape index (κ1) is 25.0. The molecule has 3 aromatic rings. The molecule has 0 fully saturated rings.